The summed E-state index contributed by atoms with van der Waals surface area (Å²) in [6.07, 6.45) is -4.00. The summed E-state index contributed by atoms with van der Waals surface area (Å²) < 4.78 is 42.6. The van der Waals surface area contributed by atoms with Crippen molar-refractivity contribution in [2.75, 3.05) is 0 Å². The minimum absolute atomic E-state index is 0.0316. The van der Waals surface area contributed by atoms with Crippen LogP contribution in [0, 0.1) is 0 Å². The molecule has 1 aromatic rings. The second-order valence-electron chi connectivity index (χ2n) is 3.58. The first-order valence-electron chi connectivity index (χ1n) is 4.44. The Morgan fingerprint density at radius 1 is 1.40 bits per heavy atom. The molecule has 0 amide bonds. The summed E-state index contributed by atoms with van der Waals surface area (Å²) in [7, 11) is 0. The number of ether oxygens (including phenoxy) is 1. The van der Waals surface area contributed by atoms with Crippen molar-refractivity contribution in [3.8, 4) is 5.75 Å². The number of alkyl halides is 3. The van der Waals surface area contributed by atoms with Crippen molar-refractivity contribution in [3.63, 3.8) is 0 Å². The van der Waals surface area contributed by atoms with Crippen LogP contribution < -0.4 is 4.74 Å². The van der Waals surface area contributed by atoms with E-state index in [1.807, 2.05) is 0 Å². The standard InChI is InChI=1S/C10H8ClF3O/c1-5-2-6-3-7(10(12,13)14)4-8(11)9(6)15-5/h3-5H,2H2,1H3/t5-/m1/s1. The molecule has 1 aliphatic rings. The van der Waals surface area contributed by atoms with Gasteiger partial charge in [-0.2, -0.15) is 13.2 Å². The molecule has 82 valence electrons. The first-order valence-corrected chi connectivity index (χ1v) is 4.82. The van der Waals surface area contributed by atoms with Gasteiger partial charge < -0.3 is 4.74 Å². The predicted molar refractivity (Wildman–Crippen MR) is 50.2 cm³/mol. The number of hydrogen-bond acceptors (Lipinski definition) is 1. The van der Waals surface area contributed by atoms with Crippen molar-refractivity contribution in [2.45, 2.75) is 25.6 Å². The third kappa shape index (κ3) is 1.91. The largest absolute Gasteiger partial charge is 0.489 e. The molecule has 15 heavy (non-hydrogen) atoms. The first-order chi connectivity index (χ1) is 6.88. The summed E-state index contributed by atoms with van der Waals surface area (Å²) in [5, 5.41) is 0.0316. The molecule has 0 saturated heterocycles. The van der Waals surface area contributed by atoms with Crippen LogP contribution in [-0.4, -0.2) is 6.10 Å². The average Bonchev–Trinajstić information content (AvgIpc) is 2.44. The van der Waals surface area contributed by atoms with Gasteiger partial charge in [-0.25, -0.2) is 0 Å². The molecule has 1 atom stereocenters. The van der Waals surface area contributed by atoms with Gasteiger partial charge >= 0.3 is 6.18 Å². The van der Waals surface area contributed by atoms with Gasteiger partial charge in [-0.05, 0) is 24.6 Å². The Hall–Kier alpha value is -0.900. The van der Waals surface area contributed by atoms with E-state index < -0.39 is 11.7 Å². The lowest BCUT2D eigenvalue weighted by Crippen LogP contribution is -2.05. The molecule has 0 aromatic heterocycles. The lowest BCUT2D eigenvalue weighted by atomic mass is 10.1. The van der Waals surface area contributed by atoms with Crippen molar-refractivity contribution in [1.82, 2.24) is 0 Å². The van der Waals surface area contributed by atoms with Crippen LogP contribution in [0.25, 0.3) is 0 Å². The van der Waals surface area contributed by atoms with E-state index in [1.165, 1.54) is 0 Å². The van der Waals surface area contributed by atoms with Crippen LogP contribution in [0.15, 0.2) is 12.1 Å². The van der Waals surface area contributed by atoms with Crippen molar-refractivity contribution >= 4 is 11.6 Å². The van der Waals surface area contributed by atoms with E-state index in [0.717, 1.165) is 12.1 Å². The molecule has 5 heteroatoms. The number of hydrogen-bond donors (Lipinski definition) is 0. The Bertz CT molecular complexity index is 400. The van der Waals surface area contributed by atoms with Crippen LogP contribution in [0.5, 0.6) is 5.75 Å². The van der Waals surface area contributed by atoms with Gasteiger partial charge in [0.25, 0.3) is 0 Å². The zero-order valence-electron chi connectivity index (χ0n) is 7.86. The third-order valence-corrected chi connectivity index (χ3v) is 2.56. The van der Waals surface area contributed by atoms with E-state index in [0.29, 0.717) is 17.7 Å². The summed E-state index contributed by atoms with van der Waals surface area (Å²) in [5.41, 5.74) is -0.189. The zero-order valence-corrected chi connectivity index (χ0v) is 8.62. The Kier molecular flexibility index (Phi) is 2.34. The van der Waals surface area contributed by atoms with Gasteiger partial charge in [0.2, 0.25) is 0 Å². The maximum Gasteiger partial charge on any atom is 0.416 e. The second kappa shape index (κ2) is 3.30. The molecule has 1 aliphatic heterocycles. The number of halogens is 4. The van der Waals surface area contributed by atoms with Crippen molar-refractivity contribution in [1.29, 1.82) is 0 Å². The normalized spacial score (nSPS) is 19.9. The highest BCUT2D eigenvalue weighted by Crippen LogP contribution is 2.41. The summed E-state index contributed by atoms with van der Waals surface area (Å²) in [6.45, 7) is 1.80. The molecule has 1 heterocycles. The lowest BCUT2D eigenvalue weighted by Gasteiger charge is -2.09. The van der Waals surface area contributed by atoms with Crippen LogP contribution in [0.2, 0.25) is 5.02 Å². The molecule has 0 spiro atoms. The van der Waals surface area contributed by atoms with Gasteiger partial charge in [0.05, 0.1) is 10.6 Å². The highest BCUT2D eigenvalue weighted by atomic mass is 35.5. The molecule has 1 nitrogen and oxygen atoms in total. The van der Waals surface area contributed by atoms with Crippen LogP contribution in [0.1, 0.15) is 18.1 Å². The van der Waals surface area contributed by atoms with Gasteiger partial charge in [-0.3, -0.25) is 0 Å². The van der Waals surface area contributed by atoms with E-state index in [-0.39, 0.29) is 11.1 Å². The molecule has 0 unspecified atom stereocenters. The fourth-order valence-electron chi connectivity index (χ4n) is 1.65. The maximum absolute atomic E-state index is 12.4. The van der Waals surface area contributed by atoms with Crippen LogP contribution in [-0.2, 0) is 12.6 Å². The van der Waals surface area contributed by atoms with Crippen molar-refractivity contribution in [2.24, 2.45) is 0 Å². The number of benzene rings is 1. The average molecular weight is 237 g/mol. The van der Waals surface area contributed by atoms with Crippen LogP contribution in [0.3, 0.4) is 0 Å². The van der Waals surface area contributed by atoms with Gasteiger partial charge in [0.1, 0.15) is 11.9 Å². The van der Waals surface area contributed by atoms with E-state index in [9.17, 15) is 13.2 Å². The smallest absolute Gasteiger partial charge is 0.416 e. The number of fused-ring (bicyclic) bond motifs is 1. The quantitative estimate of drug-likeness (QED) is 0.668. The Morgan fingerprint density at radius 3 is 2.67 bits per heavy atom. The second-order valence-corrected chi connectivity index (χ2v) is 3.98. The minimum Gasteiger partial charge on any atom is -0.489 e. The van der Waals surface area contributed by atoms with E-state index in [4.69, 9.17) is 16.3 Å². The first kappa shape index (κ1) is 10.6. The summed E-state index contributed by atoms with van der Waals surface area (Å²) >= 11 is 5.72. The molecule has 2 rings (SSSR count). The summed E-state index contributed by atoms with van der Waals surface area (Å²) in [4.78, 5) is 0. The Balaban J connectivity index is 2.49. The fraction of sp³-hybridized carbons (Fsp3) is 0.400. The Morgan fingerprint density at radius 2 is 2.07 bits per heavy atom. The molecule has 1 aromatic carbocycles. The van der Waals surface area contributed by atoms with Gasteiger partial charge in [0, 0.05) is 6.42 Å². The summed E-state index contributed by atoms with van der Waals surface area (Å²) in [6, 6.07) is 2.00. The number of rotatable bonds is 0. The molecule has 0 radical (unpaired) electrons. The minimum atomic E-state index is -4.36. The van der Waals surface area contributed by atoms with Gasteiger partial charge in [-0.15, -0.1) is 0 Å². The third-order valence-electron chi connectivity index (χ3n) is 2.27. The van der Waals surface area contributed by atoms with Crippen LogP contribution in [0.4, 0.5) is 13.2 Å². The molecule has 0 aliphatic carbocycles. The highest BCUT2D eigenvalue weighted by Gasteiger charge is 2.34. The molecule has 0 N–H and O–H groups in total. The molecular formula is C10H8ClF3O. The molecule has 0 fully saturated rings. The van der Waals surface area contributed by atoms with Crippen molar-refractivity contribution < 1.29 is 17.9 Å². The maximum atomic E-state index is 12.4. The Labute approximate surface area is 89.8 Å². The van der Waals surface area contributed by atoms with Gasteiger partial charge in [-0.1, -0.05) is 11.6 Å². The van der Waals surface area contributed by atoms with Crippen molar-refractivity contribution in [3.05, 3.63) is 28.3 Å². The topological polar surface area (TPSA) is 9.23 Å². The SMILES string of the molecule is C[C@@H]1Cc2cc(C(F)(F)F)cc(Cl)c2O1. The predicted octanol–water partition coefficient (Wildman–Crippen LogP) is 3.68. The zero-order chi connectivity index (χ0) is 11.2. The van der Waals surface area contributed by atoms with E-state index in [1.54, 1.807) is 6.92 Å². The van der Waals surface area contributed by atoms with Gasteiger partial charge in [0.15, 0.2) is 0 Å². The lowest BCUT2D eigenvalue weighted by molar-refractivity contribution is -0.137. The molecule has 0 bridgehead atoms. The monoisotopic (exact) mass is 236 g/mol. The molecular weight excluding hydrogens is 229 g/mol. The summed E-state index contributed by atoms with van der Waals surface area (Å²) in [5.74, 6) is 0.386. The van der Waals surface area contributed by atoms with Crippen LogP contribution >= 0.6 is 11.6 Å². The van der Waals surface area contributed by atoms with E-state index >= 15 is 0 Å². The molecule has 0 saturated carbocycles. The highest BCUT2D eigenvalue weighted by molar-refractivity contribution is 6.32. The van der Waals surface area contributed by atoms with E-state index in [2.05, 4.69) is 0 Å². The fourth-order valence-corrected chi connectivity index (χ4v) is 1.93.